The molecule has 1 fully saturated rings. The molecule has 1 aliphatic rings. The number of sulfonamides is 1. The Morgan fingerprint density at radius 1 is 1.03 bits per heavy atom. The lowest BCUT2D eigenvalue weighted by atomic mass is 9.87. The zero-order valence-electron chi connectivity index (χ0n) is 18.0. The van der Waals surface area contributed by atoms with E-state index in [4.69, 9.17) is 4.74 Å². The van der Waals surface area contributed by atoms with E-state index in [2.05, 4.69) is 30.8 Å². The molecule has 0 heterocycles. The first-order chi connectivity index (χ1) is 14.1. The van der Waals surface area contributed by atoms with Crippen LogP contribution in [0.3, 0.4) is 0 Å². The number of carbonyl (C=O) groups excluding carboxylic acids is 1. The van der Waals surface area contributed by atoms with Gasteiger partial charge in [0.05, 0.1) is 7.11 Å². The SMILES string of the molecule is COc1ccc(C(=O)Nc2ccc(C(C)(C)C)cc2)cc1S(=O)(=O)NC1CCCC1. The van der Waals surface area contributed by atoms with Crippen molar-refractivity contribution in [3.63, 3.8) is 0 Å². The van der Waals surface area contributed by atoms with E-state index in [1.165, 1.54) is 19.2 Å². The Morgan fingerprint density at radius 2 is 1.67 bits per heavy atom. The van der Waals surface area contributed by atoms with Crippen molar-refractivity contribution in [3.05, 3.63) is 53.6 Å². The largest absolute Gasteiger partial charge is 0.495 e. The molecule has 2 aromatic carbocycles. The molecule has 1 aliphatic carbocycles. The van der Waals surface area contributed by atoms with Crippen LogP contribution in [-0.4, -0.2) is 27.5 Å². The summed E-state index contributed by atoms with van der Waals surface area (Å²) in [5, 5.41) is 2.83. The van der Waals surface area contributed by atoms with Gasteiger partial charge in [0.1, 0.15) is 10.6 Å². The van der Waals surface area contributed by atoms with Crippen LogP contribution in [0.2, 0.25) is 0 Å². The minimum atomic E-state index is -3.79. The maximum absolute atomic E-state index is 12.9. The number of benzene rings is 2. The molecule has 0 aliphatic heterocycles. The molecule has 6 nitrogen and oxygen atoms in total. The fourth-order valence-corrected chi connectivity index (χ4v) is 5.11. The lowest BCUT2D eigenvalue weighted by Gasteiger charge is -2.19. The molecule has 0 spiro atoms. The highest BCUT2D eigenvalue weighted by Crippen LogP contribution is 2.28. The van der Waals surface area contributed by atoms with E-state index in [1.54, 1.807) is 6.07 Å². The minimum Gasteiger partial charge on any atom is -0.495 e. The van der Waals surface area contributed by atoms with Gasteiger partial charge < -0.3 is 10.1 Å². The number of rotatable bonds is 6. The average Bonchev–Trinajstić information content (AvgIpc) is 3.19. The van der Waals surface area contributed by atoms with Crippen LogP contribution in [0, 0.1) is 0 Å². The average molecular weight is 431 g/mol. The molecule has 0 saturated heterocycles. The molecule has 7 heteroatoms. The topological polar surface area (TPSA) is 84.5 Å². The summed E-state index contributed by atoms with van der Waals surface area (Å²) in [5.74, 6) is -0.162. The van der Waals surface area contributed by atoms with E-state index in [9.17, 15) is 13.2 Å². The lowest BCUT2D eigenvalue weighted by Crippen LogP contribution is -2.33. The smallest absolute Gasteiger partial charge is 0.255 e. The highest BCUT2D eigenvalue weighted by Gasteiger charge is 2.26. The molecule has 1 amide bonds. The number of anilines is 1. The van der Waals surface area contributed by atoms with E-state index >= 15 is 0 Å². The number of carbonyl (C=O) groups is 1. The van der Waals surface area contributed by atoms with Gasteiger partial charge in [-0.3, -0.25) is 4.79 Å². The number of ether oxygens (including phenoxy) is 1. The molecule has 0 unspecified atom stereocenters. The highest BCUT2D eigenvalue weighted by atomic mass is 32.2. The summed E-state index contributed by atoms with van der Waals surface area (Å²) in [4.78, 5) is 12.7. The van der Waals surface area contributed by atoms with Crippen LogP contribution in [0.4, 0.5) is 5.69 Å². The van der Waals surface area contributed by atoms with E-state index < -0.39 is 10.0 Å². The zero-order valence-corrected chi connectivity index (χ0v) is 18.8. The van der Waals surface area contributed by atoms with Gasteiger partial charge in [-0.1, -0.05) is 45.7 Å². The normalized spacial score (nSPS) is 15.2. The molecule has 3 rings (SSSR count). The fourth-order valence-electron chi connectivity index (χ4n) is 3.61. The Hall–Kier alpha value is -2.38. The third-order valence-corrected chi connectivity index (χ3v) is 6.94. The number of amides is 1. The first kappa shape index (κ1) is 22.3. The van der Waals surface area contributed by atoms with Crippen molar-refractivity contribution in [2.24, 2.45) is 0 Å². The zero-order chi connectivity index (χ0) is 21.9. The van der Waals surface area contributed by atoms with Crippen molar-refractivity contribution >= 4 is 21.6 Å². The molecule has 0 radical (unpaired) electrons. The number of methoxy groups -OCH3 is 1. The second-order valence-electron chi connectivity index (χ2n) is 8.75. The summed E-state index contributed by atoms with van der Waals surface area (Å²) in [5.41, 5.74) is 2.09. The predicted octanol–water partition coefficient (Wildman–Crippen LogP) is 4.47. The molecule has 2 aromatic rings. The van der Waals surface area contributed by atoms with E-state index in [0.717, 1.165) is 31.2 Å². The van der Waals surface area contributed by atoms with Crippen LogP contribution in [0.25, 0.3) is 0 Å². The van der Waals surface area contributed by atoms with Crippen molar-refractivity contribution in [1.29, 1.82) is 0 Å². The Morgan fingerprint density at radius 3 is 2.23 bits per heavy atom. The standard InChI is InChI=1S/C23H30N2O4S/c1-23(2,3)17-10-12-18(13-11-17)24-22(26)16-9-14-20(29-4)21(15-16)30(27,28)25-19-7-5-6-8-19/h9-15,19,25H,5-8H2,1-4H3,(H,24,26). The first-order valence-corrected chi connectivity index (χ1v) is 11.7. The van der Waals surface area contributed by atoms with Gasteiger partial charge >= 0.3 is 0 Å². The molecule has 0 aromatic heterocycles. The van der Waals surface area contributed by atoms with Crippen LogP contribution >= 0.6 is 0 Å². The maximum atomic E-state index is 12.9. The number of hydrogen-bond acceptors (Lipinski definition) is 4. The second-order valence-corrected chi connectivity index (χ2v) is 10.4. The number of hydrogen-bond donors (Lipinski definition) is 2. The molecular formula is C23H30N2O4S. The monoisotopic (exact) mass is 430 g/mol. The molecular weight excluding hydrogens is 400 g/mol. The van der Waals surface area contributed by atoms with Gasteiger partial charge in [-0.15, -0.1) is 0 Å². The fraction of sp³-hybridized carbons (Fsp3) is 0.435. The first-order valence-electron chi connectivity index (χ1n) is 10.2. The van der Waals surface area contributed by atoms with Gasteiger partial charge in [0.15, 0.2) is 0 Å². The highest BCUT2D eigenvalue weighted by molar-refractivity contribution is 7.89. The van der Waals surface area contributed by atoms with Gasteiger partial charge in [-0.25, -0.2) is 13.1 Å². The van der Waals surface area contributed by atoms with Crippen molar-refractivity contribution in [1.82, 2.24) is 4.72 Å². The van der Waals surface area contributed by atoms with E-state index in [1.807, 2.05) is 24.3 Å². The third kappa shape index (κ3) is 5.21. The van der Waals surface area contributed by atoms with Crippen LogP contribution in [0.5, 0.6) is 5.75 Å². The van der Waals surface area contributed by atoms with E-state index in [0.29, 0.717) is 5.69 Å². The van der Waals surface area contributed by atoms with E-state index in [-0.39, 0.29) is 33.6 Å². The molecule has 30 heavy (non-hydrogen) atoms. The maximum Gasteiger partial charge on any atom is 0.255 e. The van der Waals surface area contributed by atoms with Crippen LogP contribution in [-0.2, 0) is 15.4 Å². The summed E-state index contributed by atoms with van der Waals surface area (Å²) in [6.07, 6.45) is 3.68. The van der Waals surface area contributed by atoms with Gasteiger partial charge in [0, 0.05) is 17.3 Å². The summed E-state index contributed by atoms with van der Waals surface area (Å²) < 4.78 is 33.8. The van der Waals surface area contributed by atoms with Crippen LogP contribution in [0.1, 0.15) is 62.4 Å². The molecule has 0 bridgehead atoms. The Balaban J connectivity index is 1.82. The van der Waals surface area contributed by atoms with Crippen LogP contribution < -0.4 is 14.8 Å². The molecule has 0 atom stereocenters. The third-order valence-electron chi connectivity index (χ3n) is 5.40. The summed E-state index contributed by atoms with van der Waals surface area (Å²) >= 11 is 0. The van der Waals surface area contributed by atoms with Crippen LogP contribution in [0.15, 0.2) is 47.4 Å². The van der Waals surface area contributed by atoms with Crippen molar-refractivity contribution in [2.75, 3.05) is 12.4 Å². The van der Waals surface area contributed by atoms with Gasteiger partial charge in [-0.05, 0) is 54.2 Å². The summed E-state index contributed by atoms with van der Waals surface area (Å²) in [6, 6.07) is 12.0. The number of nitrogens with one attached hydrogen (secondary N) is 2. The lowest BCUT2D eigenvalue weighted by molar-refractivity contribution is 0.102. The quantitative estimate of drug-likeness (QED) is 0.708. The Kier molecular flexibility index (Phi) is 6.53. The predicted molar refractivity (Wildman–Crippen MR) is 119 cm³/mol. The van der Waals surface area contributed by atoms with Gasteiger partial charge in [0.25, 0.3) is 5.91 Å². The van der Waals surface area contributed by atoms with Crippen molar-refractivity contribution in [2.45, 2.75) is 62.8 Å². The summed E-state index contributed by atoms with van der Waals surface area (Å²) in [6.45, 7) is 6.37. The second kappa shape index (κ2) is 8.78. The van der Waals surface area contributed by atoms with Crippen molar-refractivity contribution in [3.8, 4) is 5.75 Å². The summed E-state index contributed by atoms with van der Waals surface area (Å²) in [7, 11) is -2.38. The van der Waals surface area contributed by atoms with Crippen molar-refractivity contribution < 1.29 is 17.9 Å². The van der Waals surface area contributed by atoms with Gasteiger partial charge in [0.2, 0.25) is 10.0 Å². The Labute approximate surface area is 179 Å². The Bertz CT molecular complexity index is 1000. The molecule has 1 saturated carbocycles. The molecule has 2 N–H and O–H groups in total. The minimum absolute atomic E-state index is 0.0207. The van der Waals surface area contributed by atoms with Gasteiger partial charge in [-0.2, -0.15) is 0 Å². The molecule has 162 valence electrons.